The summed E-state index contributed by atoms with van der Waals surface area (Å²) in [5.41, 5.74) is 2.82. The number of hydrogen-bond acceptors (Lipinski definition) is 8. The van der Waals surface area contributed by atoms with Gasteiger partial charge in [0.1, 0.15) is 12.2 Å². The van der Waals surface area contributed by atoms with E-state index in [1.54, 1.807) is 53.4 Å². The molecule has 0 saturated carbocycles. The van der Waals surface area contributed by atoms with Crippen LogP contribution in [0.5, 0.6) is 11.5 Å². The minimum atomic E-state index is -1.28. The molecule has 4 rings (SSSR count). The zero-order chi connectivity index (χ0) is 35.2. The molecule has 12 heteroatoms. The number of rotatable bonds is 13. The molecule has 3 aromatic carbocycles. The third-order valence-electron chi connectivity index (χ3n) is 7.98. The Morgan fingerprint density at radius 1 is 1.04 bits per heavy atom. The van der Waals surface area contributed by atoms with Gasteiger partial charge < -0.3 is 34.3 Å². The molecule has 2 atom stereocenters. The van der Waals surface area contributed by atoms with Gasteiger partial charge in [-0.25, -0.2) is 0 Å². The molecular weight excluding hydrogens is 640 g/mol. The number of amides is 2. The van der Waals surface area contributed by atoms with Crippen LogP contribution in [-0.2, 0) is 35.1 Å². The van der Waals surface area contributed by atoms with Crippen LogP contribution in [0.4, 0.5) is 11.4 Å². The van der Waals surface area contributed by atoms with E-state index in [-0.39, 0.29) is 32.4 Å². The van der Waals surface area contributed by atoms with Crippen LogP contribution in [0.1, 0.15) is 62.0 Å². The topological polar surface area (TPSA) is 141 Å². The molecule has 2 N–H and O–H groups in total. The maximum atomic E-state index is 14.5. The Kier molecular flexibility index (Phi) is 11.7. The van der Waals surface area contributed by atoms with Crippen molar-refractivity contribution in [3.63, 3.8) is 0 Å². The average Bonchev–Trinajstić information content (AvgIpc) is 3.13. The predicted octanol–water partition coefficient (Wildman–Crippen LogP) is 6.12. The van der Waals surface area contributed by atoms with Gasteiger partial charge in [-0.05, 0) is 48.7 Å². The van der Waals surface area contributed by atoms with E-state index < -0.39 is 41.4 Å². The number of aryl methyl sites for hydroxylation is 2. The van der Waals surface area contributed by atoms with E-state index in [9.17, 15) is 24.3 Å². The highest BCUT2D eigenvalue weighted by Crippen LogP contribution is 2.45. The second-order valence-corrected chi connectivity index (χ2v) is 12.9. The van der Waals surface area contributed by atoms with Crippen LogP contribution in [0.2, 0.25) is 5.02 Å². The Labute approximate surface area is 285 Å². The summed E-state index contributed by atoms with van der Waals surface area (Å²) in [6.45, 7) is 7.03. The number of nitrogens with one attached hydrogen (secondary N) is 1. The van der Waals surface area contributed by atoms with Gasteiger partial charge in [-0.15, -0.1) is 0 Å². The van der Waals surface area contributed by atoms with Crippen molar-refractivity contribution in [1.29, 1.82) is 0 Å². The fourth-order valence-corrected chi connectivity index (χ4v) is 5.89. The highest BCUT2D eigenvalue weighted by atomic mass is 35.5. The lowest BCUT2D eigenvalue weighted by Gasteiger charge is -2.33. The smallest absolute Gasteiger partial charge is 0.303 e. The molecule has 2 amide bonds. The Morgan fingerprint density at radius 3 is 2.44 bits per heavy atom. The highest BCUT2D eigenvalue weighted by Gasteiger charge is 2.41. The second kappa shape index (κ2) is 15.5. The summed E-state index contributed by atoms with van der Waals surface area (Å²) in [6.07, 6.45) is -2.47. The number of carboxylic acid groups (broad SMARTS) is 1. The van der Waals surface area contributed by atoms with Crippen molar-refractivity contribution < 1.29 is 43.2 Å². The summed E-state index contributed by atoms with van der Waals surface area (Å²) in [4.78, 5) is 52.8. The standard InChI is InChI=1S/C36H41ClN2O9/c1-21-9-7-10-23(13-16-31(42)43)32(21)38-30(41)18-29-35(44)39(19-36(3,4)20-47-22(2)40)27-15-14-24(37)17-26(27)33(48-29)25-11-8-12-28(45-5)34(25)46-6/h7-12,14-15,17,29,33H,13,16,18-20H2,1-6H3,(H,38,41)(H,42,43)/t29-,33-/m1/s1. The number of carboxylic acids is 1. The number of nitrogens with zero attached hydrogens (tertiary/aromatic N) is 1. The molecule has 0 radical (unpaired) electrons. The van der Waals surface area contributed by atoms with Gasteiger partial charge in [0.2, 0.25) is 5.91 Å². The van der Waals surface area contributed by atoms with E-state index >= 15 is 0 Å². The van der Waals surface area contributed by atoms with Gasteiger partial charge in [0.15, 0.2) is 11.5 Å². The van der Waals surface area contributed by atoms with Crippen molar-refractivity contribution in [2.24, 2.45) is 5.41 Å². The third-order valence-corrected chi connectivity index (χ3v) is 8.21. The van der Waals surface area contributed by atoms with Crippen LogP contribution in [0, 0.1) is 12.3 Å². The number of carbonyl (C=O) groups excluding carboxylic acids is 3. The molecule has 48 heavy (non-hydrogen) atoms. The number of carbonyl (C=O) groups is 4. The van der Waals surface area contributed by atoms with E-state index in [0.29, 0.717) is 44.6 Å². The van der Waals surface area contributed by atoms with Crippen LogP contribution in [0.3, 0.4) is 0 Å². The molecule has 0 aromatic heterocycles. The molecule has 0 fully saturated rings. The fourth-order valence-electron chi connectivity index (χ4n) is 5.71. The lowest BCUT2D eigenvalue weighted by molar-refractivity contribution is -0.144. The van der Waals surface area contributed by atoms with Crippen LogP contribution < -0.4 is 19.7 Å². The normalized spacial score (nSPS) is 16.1. The van der Waals surface area contributed by atoms with E-state index in [4.69, 9.17) is 30.5 Å². The number of benzene rings is 3. The van der Waals surface area contributed by atoms with Gasteiger partial charge in [0.25, 0.3) is 5.91 Å². The summed E-state index contributed by atoms with van der Waals surface area (Å²) in [7, 11) is 3.02. The SMILES string of the molecule is COc1cccc([C@H]2O[C@H](CC(=O)Nc3c(C)cccc3CCC(=O)O)C(=O)N(CC(C)(C)COC(C)=O)c3ccc(Cl)cc32)c1OC. The van der Waals surface area contributed by atoms with Crippen molar-refractivity contribution in [2.75, 3.05) is 37.6 Å². The first kappa shape index (κ1) is 36.2. The van der Waals surface area contributed by atoms with Crippen LogP contribution in [0.15, 0.2) is 54.6 Å². The maximum absolute atomic E-state index is 14.5. The summed E-state index contributed by atoms with van der Waals surface area (Å²) in [5.74, 6) is -1.55. The molecule has 1 aliphatic rings. The van der Waals surface area contributed by atoms with Crippen molar-refractivity contribution in [1.82, 2.24) is 0 Å². The molecule has 1 aliphatic heterocycles. The fraction of sp³-hybridized carbons (Fsp3) is 0.389. The minimum absolute atomic E-state index is 0.0422. The van der Waals surface area contributed by atoms with Gasteiger partial charge in [0.05, 0.1) is 27.2 Å². The molecule has 11 nitrogen and oxygen atoms in total. The largest absolute Gasteiger partial charge is 0.493 e. The van der Waals surface area contributed by atoms with Gasteiger partial charge >= 0.3 is 11.9 Å². The quantitative estimate of drug-likeness (QED) is 0.204. The van der Waals surface area contributed by atoms with Gasteiger partial charge in [0, 0.05) is 52.8 Å². The van der Waals surface area contributed by atoms with E-state index in [0.717, 1.165) is 5.56 Å². The number of fused-ring (bicyclic) bond motifs is 1. The van der Waals surface area contributed by atoms with E-state index in [1.165, 1.54) is 21.1 Å². The first-order valence-electron chi connectivity index (χ1n) is 15.4. The Bertz CT molecular complexity index is 1690. The molecule has 0 saturated heterocycles. The molecule has 256 valence electrons. The van der Waals surface area contributed by atoms with Crippen LogP contribution in [0.25, 0.3) is 0 Å². The van der Waals surface area contributed by atoms with Crippen molar-refractivity contribution in [2.45, 2.75) is 59.2 Å². The number of esters is 1. The maximum Gasteiger partial charge on any atom is 0.303 e. The summed E-state index contributed by atoms with van der Waals surface area (Å²) in [5, 5.41) is 12.5. The van der Waals surface area contributed by atoms with E-state index in [2.05, 4.69) is 5.32 Å². The first-order valence-corrected chi connectivity index (χ1v) is 15.8. The zero-order valence-corrected chi connectivity index (χ0v) is 28.7. The summed E-state index contributed by atoms with van der Waals surface area (Å²) in [6, 6.07) is 15.8. The number of hydrogen-bond donors (Lipinski definition) is 2. The van der Waals surface area contributed by atoms with Crippen molar-refractivity contribution in [3.8, 4) is 11.5 Å². The molecule has 1 heterocycles. The molecule has 0 aliphatic carbocycles. The van der Waals surface area contributed by atoms with Crippen molar-refractivity contribution in [3.05, 3.63) is 81.9 Å². The highest BCUT2D eigenvalue weighted by molar-refractivity contribution is 6.30. The van der Waals surface area contributed by atoms with Gasteiger partial charge in [-0.2, -0.15) is 0 Å². The number of halogens is 1. The Morgan fingerprint density at radius 2 is 1.77 bits per heavy atom. The molecule has 3 aromatic rings. The predicted molar refractivity (Wildman–Crippen MR) is 181 cm³/mol. The van der Waals surface area contributed by atoms with Gasteiger partial charge in [-0.3, -0.25) is 19.2 Å². The van der Waals surface area contributed by atoms with E-state index in [1.807, 2.05) is 26.8 Å². The van der Waals surface area contributed by atoms with Gasteiger partial charge in [-0.1, -0.05) is 55.8 Å². The Hall–Kier alpha value is -4.61. The summed E-state index contributed by atoms with van der Waals surface area (Å²) < 4.78 is 23.2. The lowest BCUT2D eigenvalue weighted by Crippen LogP contribution is -2.46. The second-order valence-electron chi connectivity index (χ2n) is 12.4. The third kappa shape index (κ3) is 8.64. The number of anilines is 2. The first-order chi connectivity index (χ1) is 22.7. The van der Waals surface area contributed by atoms with Crippen LogP contribution in [-0.4, -0.2) is 62.3 Å². The average molecular weight is 681 g/mol. The summed E-state index contributed by atoms with van der Waals surface area (Å²) >= 11 is 6.53. The van der Waals surface area contributed by atoms with Crippen molar-refractivity contribution >= 4 is 46.7 Å². The molecular formula is C36H41ClN2O9. The number of aliphatic carboxylic acids is 1. The zero-order valence-electron chi connectivity index (χ0n) is 27.9. The Balaban J connectivity index is 1.80. The monoisotopic (exact) mass is 680 g/mol. The number of methoxy groups -OCH3 is 2. The molecule has 0 bridgehead atoms. The molecule has 0 unspecified atom stereocenters. The lowest BCUT2D eigenvalue weighted by atomic mass is 9.92. The molecule has 0 spiro atoms. The number of para-hydroxylation sites is 2. The van der Waals surface area contributed by atoms with Crippen LogP contribution >= 0.6 is 11.6 Å². The minimum Gasteiger partial charge on any atom is -0.493 e. The number of ether oxygens (including phenoxy) is 4.